The highest BCUT2D eigenvalue weighted by molar-refractivity contribution is 7.26. The Morgan fingerprint density at radius 3 is 1.73 bits per heavy atom. The molecule has 9 rings (SSSR count). The predicted molar refractivity (Wildman–Crippen MR) is 192 cm³/mol. The zero-order valence-electron chi connectivity index (χ0n) is 24.3. The lowest BCUT2D eigenvalue weighted by molar-refractivity contribution is 1.18. The average Bonchev–Trinajstić information content (AvgIpc) is 3.51. The fourth-order valence-corrected chi connectivity index (χ4v) is 7.75. The fourth-order valence-electron chi connectivity index (χ4n) is 6.50. The van der Waals surface area contributed by atoms with Crippen molar-refractivity contribution in [3.63, 3.8) is 0 Å². The molecule has 0 N–H and O–H groups in total. The van der Waals surface area contributed by atoms with Crippen LogP contribution in [0.15, 0.2) is 158 Å². The summed E-state index contributed by atoms with van der Waals surface area (Å²) in [6, 6.07) is 55.9. The molecule has 0 fully saturated rings. The third kappa shape index (κ3) is 4.40. The van der Waals surface area contributed by atoms with Gasteiger partial charge in [0, 0.05) is 36.9 Å². The van der Waals surface area contributed by atoms with Crippen molar-refractivity contribution in [1.82, 2.24) is 9.97 Å². The summed E-state index contributed by atoms with van der Waals surface area (Å²) in [5.41, 5.74) is 7.41. The molecule has 0 atom stereocenters. The van der Waals surface area contributed by atoms with Crippen molar-refractivity contribution in [2.24, 2.45) is 0 Å². The van der Waals surface area contributed by atoms with Crippen LogP contribution in [0.1, 0.15) is 0 Å². The van der Waals surface area contributed by atoms with Crippen molar-refractivity contribution in [3.05, 3.63) is 158 Å². The summed E-state index contributed by atoms with van der Waals surface area (Å²) < 4.78 is 2.63. The van der Waals surface area contributed by atoms with Gasteiger partial charge in [-0.3, -0.25) is 0 Å². The lowest BCUT2D eigenvalue weighted by Gasteiger charge is -2.10. The summed E-state index contributed by atoms with van der Waals surface area (Å²) >= 11 is 1.88. The molecule has 2 nitrogen and oxygen atoms in total. The van der Waals surface area contributed by atoms with E-state index in [1.54, 1.807) is 0 Å². The Morgan fingerprint density at radius 1 is 0.400 bits per heavy atom. The molecule has 0 radical (unpaired) electrons. The van der Waals surface area contributed by atoms with Crippen molar-refractivity contribution >= 4 is 53.1 Å². The van der Waals surface area contributed by atoms with Crippen LogP contribution in [0, 0.1) is 0 Å². The molecule has 2 heterocycles. The third-order valence-corrected chi connectivity index (χ3v) is 9.89. The van der Waals surface area contributed by atoms with Crippen LogP contribution in [0.25, 0.3) is 86.7 Å². The highest BCUT2D eigenvalue weighted by atomic mass is 32.1. The van der Waals surface area contributed by atoms with Gasteiger partial charge >= 0.3 is 0 Å². The molecule has 45 heavy (non-hydrogen) atoms. The molecule has 0 spiro atoms. The van der Waals surface area contributed by atoms with Gasteiger partial charge in [-0.1, -0.05) is 146 Å². The number of benzene rings is 7. The first-order valence-corrected chi connectivity index (χ1v) is 16.0. The first-order valence-electron chi connectivity index (χ1n) is 15.2. The standard InChI is InChI=1S/C42H26N2S/c1-3-11-29(12-4-1)36-26-37(30-13-5-2-6-14-30)44-42(43-36)32-22-19-28(20-23-32)34-16-9-17-35-40-38(45-41(34)35)25-24-31-21-18-27-10-7-8-15-33(27)39(31)40/h1-26H. The summed E-state index contributed by atoms with van der Waals surface area (Å²) in [6.45, 7) is 0. The van der Waals surface area contributed by atoms with Gasteiger partial charge in [-0.05, 0) is 44.8 Å². The maximum Gasteiger partial charge on any atom is 0.160 e. The first kappa shape index (κ1) is 25.8. The molecule has 0 saturated carbocycles. The van der Waals surface area contributed by atoms with Crippen LogP contribution in [-0.2, 0) is 0 Å². The molecule has 0 aliphatic rings. The lowest BCUT2D eigenvalue weighted by atomic mass is 9.96. The third-order valence-electron chi connectivity index (χ3n) is 8.69. The number of thiophene rings is 1. The van der Waals surface area contributed by atoms with Gasteiger partial charge in [0.1, 0.15) is 0 Å². The van der Waals surface area contributed by atoms with Crippen molar-refractivity contribution in [2.75, 3.05) is 0 Å². The van der Waals surface area contributed by atoms with Crippen molar-refractivity contribution in [1.29, 1.82) is 0 Å². The molecule has 210 valence electrons. The maximum absolute atomic E-state index is 5.03. The van der Waals surface area contributed by atoms with Crippen LogP contribution < -0.4 is 0 Å². The predicted octanol–water partition coefficient (Wildman–Crippen LogP) is 11.8. The minimum atomic E-state index is 0.722. The monoisotopic (exact) mass is 590 g/mol. The molecule has 2 aromatic heterocycles. The smallest absolute Gasteiger partial charge is 0.160 e. The van der Waals surface area contributed by atoms with E-state index >= 15 is 0 Å². The van der Waals surface area contributed by atoms with E-state index in [-0.39, 0.29) is 0 Å². The van der Waals surface area contributed by atoms with Crippen molar-refractivity contribution < 1.29 is 0 Å². The Balaban J connectivity index is 1.18. The number of aromatic nitrogens is 2. The Bertz CT molecular complexity index is 2460. The summed E-state index contributed by atoms with van der Waals surface area (Å²) in [5, 5.41) is 7.87. The van der Waals surface area contributed by atoms with E-state index in [4.69, 9.17) is 9.97 Å². The van der Waals surface area contributed by atoms with Gasteiger partial charge in [0.05, 0.1) is 11.4 Å². The summed E-state index contributed by atoms with van der Waals surface area (Å²) in [7, 11) is 0. The van der Waals surface area contributed by atoms with Crippen LogP contribution in [0.5, 0.6) is 0 Å². The zero-order chi connectivity index (χ0) is 29.7. The molecule has 0 aliphatic carbocycles. The normalized spacial score (nSPS) is 11.6. The van der Waals surface area contributed by atoms with Crippen LogP contribution in [0.4, 0.5) is 0 Å². The Hall–Kier alpha value is -5.64. The highest BCUT2D eigenvalue weighted by Gasteiger charge is 2.15. The number of nitrogens with zero attached hydrogens (tertiary/aromatic N) is 2. The summed E-state index contributed by atoms with van der Waals surface area (Å²) in [6.07, 6.45) is 0. The minimum absolute atomic E-state index is 0.722. The van der Waals surface area contributed by atoms with E-state index in [1.807, 2.05) is 47.7 Å². The molecule has 0 bridgehead atoms. The Kier molecular flexibility index (Phi) is 6.03. The van der Waals surface area contributed by atoms with E-state index < -0.39 is 0 Å². The average molecular weight is 591 g/mol. The molecule has 0 amide bonds. The van der Waals surface area contributed by atoms with Crippen LogP contribution in [0.3, 0.4) is 0 Å². The Morgan fingerprint density at radius 2 is 1.00 bits per heavy atom. The van der Waals surface area contributed by atoms with E-state index in [9.17, 15) is 0 Å². The molecule has 0 unspecified atom stereocenters. The molecule has 0 aliphatic heterocycles. The largest absolute Gasteiger partial charge is 0.228 e. The lowest BCUT2D eigenvalue weighted by Crippen LogP contribution is -1.95. The molecule has 0 saturated heterocycles. The second kappa shape index (κ2) is 10.5. The molecule has 7 aromatic carbocycles. The van der Waals surface area contributed by atoms with Crippen molar-refractivity contribution in [3.8, 4) is 45.0 Å². The second-order valence-corrected chi connectivity index (χ2v) is 12.4. The molecular weight excluding hydrogens is 565 g/mol. The highest BCUT2D eigenvalue weighted by Crippen LogP contribution is 2.44. The summed E-state index contributed by atoms with van der Waals surface area (Å²) in [4.78, 5) is 10.1. The van der Waals surface area contributed by atoms with Crippen LogP contribution in [-0.4, -0.2) is 9.97 Å². The van der Waals surface area contributed by atoms with Gasteiger partial charge in [0.15, 0.2) is 5.82 Å². The van der Waals surface area contributed by atoms with Gasteiger partial charge in [-0.15, -0.1) is 11.3 Å². The van der Waals surface area contributed by atoms with E-state index in [1.165, 1.54) is 52.8 Å². The number of hydrogen-bond donors (Lipinski definition) is 0. The summed E-state index contributed by atoms with van der Waals surface area (Å²) in [5.74, 6) is 0.722. The number of hydrogen-bond acceptors (Lipinski definition) is 3. The second-order valence-electron chi connectivity index (χ2n) is 11.4. The van der Waals surface area contributed by atoms with E-state index in [0.717, 1.165) is 33.9 Å². The number of rotatable bonds is 4. The van der Waals surface area contributed by atoms with Gasteiger partial charge in [-0.25, -0.2) is 9.97 Å². The topological polar surface area (TPSA) is 25.8 Å². The van der Waals surface area contributed by atoms with E-state index in [0.29, 0.717) is 0 Å². The fraction of sp³-hybridized carbons (Fsp3) is 0. The molecular formula is C42H26N2S. The van der Waals surface area contributed by atoms with Crippen LogP contribution >= 0.6 is 11.3 Å². The van der Waals surface area contributed by atoms with Crippen molar-refractivity contribution in [2.45, 2.75) is 0 Å². The van der Waals surface area contributed by atoms with E-state index in [2.05, 4.69) is 121 Å². The number of fused-ring (bicyclic) bond motifs is 7. The quantitative estimate of drug-likeness (QED) is 0.191. The first-order chi connectivity index (χ1) is 22.3. The SMILES string of the molecule is c1ccc(-c2cc(-c3ccccc3)nc(-c3ccc(-c4cccc5c4sc4ccc6ccc7ccccc7c6c45)cc3)n2)cc1. The Labute approximate surface area is 264 Å². The van der Waals surface area contributed by atoms with Crippen LogP contribution in [0.2, 0.25) is 0 Å². The van der Waals surface area contributed by atoms with Gasteiger partial charge in [0.2, 0.25) is 0 Å². The maximum atomic E-state index is 5.03. The molecule has 9 aromatic rings. The van der Waals surface area contributed by atoms with Gasteiger partial charge < -0.3 is 0 Å². The zero-order valence-corrected chi connectivity index (χ0v) is 25.1. The van der Waals surface area contributed by atoms with Gasteiger partial charge in [-0.2, -0.15) is 0 Å². The minimum Gasteiger partial charge on any atom is -0.228 e. The molecule has 3 heteroatoms. The van der Waals surface area contributed by atoms with Gasteiger partial charge in [0.25, 0.3) is 0 Å².